The number of fused-ring (bicyclic) bond motifs is 1. The van der Waals surface area contributed by atoms with E-state index in [-0.39, 0.29) is 5.91 Å². The summed E-state index contributed by atoms with van der Waals surface area (Å²) >= 11 is 1.72. The van der Waals surface area contributed by atoms with Crippen molar-refractivity contribution < 1.29 is 9.53 Å². The van der Waals surface area contributed by atoms with Gasteiger partial charge in [0.1, 0.15) is 18.1 Å². The molecule has 0 unspecified atom stereocenters. The zero-order chi connectivity index (χ0) is 18.8. The van der Waals surface area contributed by atoms with Crippen LogP contribution < -0.4 is 4.90 Å². The SMILES string of the molecule is CCc1ccc(N(Cc2ccc(C)s2)C(=O)c2cn3c(n2)COCC3)cc1. The maximum atomic E-state index is 13.3. The van der Waals surface area contributed by atoms with Crippen molar-refractivity contribution in [3.8, 4) is 0 Å². The van der Waals surface area contributed by atoms with Crippen LogP contribution in [0, 0.1) is 6.92 Å². The quantitative estimate of drug-likeness (QED) is 0.666. The number of hydrogen-bond donors (Lipinski definition) is 0. The molecule has 2 aromatic heterocycles. The van der Waals surface area contributed by atoms with Gasteiger partial charge in [0.05, 0.1) is 13.2 Å². The molecular weight excluding hydrogens is 358 g/mol. The minimum Gasteiger partial charge on any atom is -0.372 e. The molecule has 0 fully saturated rings. The largest absolute Gasteiger partial charge is 0.372 e. The van der Waals surface area contributed by atoms with E-state index >= 15 is 0 Å². The summed E-state index contributed by atoms with van der Waals surface area (Å²) in [6, 6.07) is 12.4. The lowest BCUT2D eigenvalue weighted by atomic mass is 10.1. The number of thiophene rings is 1. The topological polar surface area (TPSA) is 47.4 Å². The van der Waals surface area contributed by atoms with Crippen LogP contribution in [0.25, 0.3) is 0 Å². The lowest BCUT2D eigenvalue weighted by Gasteiger charge is -2.21. The van der Waals surface area contributed by atoms with Crippen LogP contribution in [0.3, 0.4) is 0 Å². The number of carbonyl (C=O) groups excluding carboxylic acids is 1. The normalized spacial score (nSPS) is 13.4. The molecule has 6 heteroatoms. The number of ether oxygens (including phenoxy) is 1. The van der Waals surface area contributed by atoms with Crippen LogP contribution in [0.4, 0.5) is 5.69 Å². The highest BCUT2D eigenvalue weighted by molar-refractivity contribution is 7.11. The summed E-state index contributed by atoms with van der Waals surface area (Å²) in [6.45, 7) is 6.62. The van der Waals surface area contributed by atoms with Gasteiger partial charge in [-0.15, -0.1) is 11.3 Å². The fourth-order valence-electron chi connectivity index (χ4n) is 3.25. The fourth-order valence-corrected chi connectivity index (χ4v) is 4.13. The van der Waals surface area contributed by atoms with Crippen LogP contribution in [0.1, 0.15) is 38.6 Å². The Labute approximate surface area is 163 Å². The van der Waals surface area contributed by atoms with Crippen molar-refractivity contribution >= 4 is 22.9 Å². The molecule has 4 rings (SSSR count). The molecule has 0 spiro atoms. The highest BCUT2D eigenvalue weighted by atomic mass is 32.1. The maximum Gasteiger partial charge on any atom is 0.278 e. The molecule has 140 valence electrons. The Kier molecular flexibility index (Phi) is 5.09. The van der Waals surface area contributed by atoms with Gasteiger partial charge in [-0.1, -0.05) is 19.1 Å². The monoisotopic (exact) mass is 381 g/mol. The van der Waals surface area contributed by atoms with E-state index in [2.05, 4.69) is 43.1 Å². The fraction of sp³-hybridized carbons (Fsp3) is 0.333. The molecule has 1 amide bonds. The third kappa shape index (κ3) is 3.82. The number of imidazole rings is 1. The van der Waals surface area contributed by atoms with E-state index in [1.54, 1.807) is 11.3 Å². The number of anilines is 1. The van der Waals surface area contributed by atoms with E-state index < -0.39 is 0 Å². The third-order valence-corrected chi connectivity index (χ3v) is 5.78. The first-order valence-corrected chi connectivity index (χ1v) is 10.1. The smallest absolute Gasteiger partial charge is 0.278 e. The second kappa shape index (κ2) is 7.66. The molecule has 0 bridgehead atoms. The van der Waals surface area contributed by atoms with E-state index in [1.165, 1.54) is 10.4 Å². The first-order chi connectivity index (χ1) is 13.1. The molecule has 1 aliphatic heterocycles. The van der Waals surface area contributed by atoms with E-state index in [4.69, 9.17) is 4.74 Å². The van der Waals surface area contributed by atoms with Crippen molar-refractivity contribution in [2.45, 2.75) is 40.0 Å². The van der Waals surface area contributed by atoms with Crippen LogP contribution in [-0.4, -0.2) is 22.1 Å². The standard InChI is InChI=1S/C21H23N3O2S/c1-3-16-5-7-17(8-6-16)24(12-18-9-4-15(2)27-18)21(25)19-13-23-10-11-26-14-20(23)22-19/h4-9,13H,3,10-12,14H2,1-2H3. The van der Waals surface area contributed by atoms with Crippen LogP contribution in [0.2, 0.25) is 0 Å². The average molecular weight is 382 g/mol. The van der Waals surface area contributed by atoms with Crippen molar-refractivity contribution in [2.24, 2.45) is 0 Å². The van der Waals surface area contributed by atoms with E-state index in [9.17, 15) is 4.79 Å². The number of amides is 1. The van der Waals surface area contributed by atoms with Gasteiger partial charge in [0.15, 0.2) is 0 Å². The molecule has 0 radical (unpaired) electrons. The molecule has 3 heterocycles. The second-order valence-corrected chi connectivity index (χ2v) is 8.08. The average Bonchev–Trinajstić information content (AvgIpc) is 3.31. The molecule has 5 nitrogen and oxygen atoms in total. The van der Waals surface area contributed by atoms with Gasteiger partial charge < -0.3 is 14.2 Å². The first kappa shape index (κ1) is 17.9. The van der Waals surface area contributed by atoms with E-state index in [1.807, 2.05) is 27.8 Å². The summed E-state index contributed by atoms with van der Waals surface area (Å²) in [5.74, 6) is 0.741. The Hall–Kier alpha value is -2.44. The summed E-state index contributed by atoms with van der Waals surface area (Å²) in [7, 11) is 0. The lowest BCUT2D eigenvalue weighted by Crippen LogP contribution is -2.30. The number of carbonyl (C=O) groups is 1. The van der Waals surface area contributed by atoms with Gasteiger partial charge in [-0.3, -0.25) is 4.79 Å². The van der Waals surface area contributed by atoms with Crippen molar-refractivity contribution in [2.75, 3.05) is 11.5 Å². The minimum absolute atomic E-state index is 0.0767. The zero-order valence-corrected chi connectivity index (χ0v) is 16.5. The Morgan fingerprint density at radius 3 is 2.74 bits per heavy atom. The van der Waals surface area contributed by atoms with Gasteiger partial charge in [-0.25, -0.2) is 4.98 Å². The number of rotatable bonds is 5. The van der Waals surface area contributed by atoms with Crippen LogP contribution in [0.15, 0.2) is 42.6 Å². The van der Waals surface area contributed by atoms with Crippen LogP contribution in [-0.2, 0) is 30.9 Å². The Bertz CT molecular complexity index is 919. The van der Waals surface area contributed by atoms with Crippen LogP contribution >= 0.6 is 11.3 Å². The Morgan fingerprint density at radius 1 is 1.26 bits per heavy atom. The summed E-state index contributed by atoms with van der Waals surface area (Å²) in [5.41, 5.74) is 2.63. The number of nitrogens with zero attached hydrogens (tertiary/aromatic N) is 3. The van der Waals surface area contributed by atoms with Gasteiger partial charge in [-0.2, -0.15) is 0 Å². The molecule has 27 heavy (non-hydrogen) atoms. The number of aryl methyl sites for hydroxylation is 2. The summed E-state index contributed by atoms with van der Waals surface area (Å²) in [5, 5.41) is 0. The van der Waals surface area contributed by atoms with Gasteiger partial charge >= 0.3 is 0 Å². The Morgan fingerprint density at radius 2 is 2.07 bits per heavy atom. The molecule has 3 aromatic rings. The molecule has 0 atom stereocenters. The van der Waals surface area contributed by atoms with Crippen molar-refractivity contribution in [3.05, 3.63) is 69.4 Å². The van der Waals surface area contributed by atoms with E-state index in [0.717, 1.165) is 29.4 Å². The Balaban J connectivity index is 1.67. The predicted octanol–water partition coefficient (Wildman–Crippen LogP) is 4.19. The molecule has 0 saturated heterocycles. The first-order valence-electron chi connectivity index (χ1n) is 9.24. The molecule has 1 aliphatic rings. The predicted molar refractivity (Wildman–Crippen MR) is 107 cm³/mol. The highest BCUT2D eigenvalue weighted by Crippen LogP contribution is 2.25. The van der Waals surface area contributed by atoms with Gasteiger partial charge in [0.25, 0.3) is 5.91 Å². The van der Waals surface area contributed by atoms with Gasteiger partial charge in [0.2, 0.25) is 0 Å². The third-order valence-electron chi connectivity index (χ3n) is 4.80. The second-order valence-electron chi connectivity index (χ2n) is 6.71. The van der Waals surface area contributed by atoms with E-state index in [0.29, 0.717) is 25.5 Å². The molecule has 1 aromatic carbocycles. The van der Waals surface area contributed by atoms with Gasteiger partial charge in [-0.05, 0) is 43.2 Å². The molecule has 0 aliphatic carbocycles. The number of aromatic nitrogens is 2. The highest BCUT2D eigenvalue weighted by Gasteiger charge is 2.24. The van der Waals surface area contributed by atoms with Crippen LogP contribution in [0.5, 0.6) is 0 Å². The summed E-state index contributed by atoms with van der Waals surface area (Å²) in [4.78, 5) is 22.1. The molecular formula is C21H23N3O2S. The molecule has 0 N–H and O–H groups in total. The number of benzene rings is 1. The summed E-state index contributed by atoms with van der Waals surface area (Å²) < 4.78 is 7.47. The van der Waals surface area contributed by atoms with Crippen molar-refractivity contribution in [1.29, 1.82) is 0 Å². The minimum atomic E-state index is -0.0767. The zero-order valence-electron chi connectivity index (χ0n) is 15.6. The maximum absolute atomic E-state index is 13.3. The van der Waals surface area contributed by atoms with Crippen molar-refractivity contribution in [3.63, 3.8) is 0 Å². The number of hydrogen-bond acceptors (Lipinski definition) is 4. The van der Waals surface area contributed by atoms with Gasteiger partial charge in [0, 0.05) is 28.2 Å². The summed E-state index contributed by atoms with van der Waals surface area (Å²) in [6.07, 6.45) is 2.83. The lowest BCUT2D eigenvalue weighted by molar-refractivity contribution is 0.0816. The van der Waals surface area contributed by atoms with Crippen molar-refractivity contribution in [1.82, 2.24) is 9.55 Å². The molecule has 0 saturated carbocycles.